The fourth-order valence-corrected chi connectivity index (χ4v) is 3.22. The topological polar surface area (TPSA) is 47.7 Å². The van der Waals surface area contributed by atoms with Crippen molar-refractivity contribution in [3.05, 3.63) is 0 Å². The summed E-state index contributed by atoms with van der Waals surface area (Å²) in [5.74, 6) is 0. The van der Waals surface area contributed by atoms with Crippen molar-refractivity contribution in [2.75, 3.05) is 26.3 Å². The van der Waals surface area contributed by atoms with Crippen LogP contribution in [0.4, 0.5) is 0 Å². The van der Waals surface area contributed by atoms with Crippen molar-refractivity contribution in [3.63, 3.8) is 0 Å². The van der Waals surface area contributed by atoms with E-state index in [0.29, 0.717) is 18.2 Å². The average molecular weight is 242 g/mol. The largest absolute Gasteiger partial charge is 0.378 e. The molecule has 0 bridgehead atoms. The minimum Gasteiger partial charge on any atom is -0.378 e. The Bertz CT molecular complexity index is 254. The van der Waals surface area contributed by atoms with Gasteiger partial charge in [0.15, 0.2) is 0 Å². The van der Waals surface area contributed by atoms with Crippen molar-refractivity contribution >= 4 is 0 Å². The van der Waals surface area contributed by atoms with Gasteiger partial charge in [0.1, 0.15) is 0 Å². The van der Waals surface area contributed by atoms with Gasteiger partial charge in [-0.1, -0.05) is 0 Å². The molecule has 0 radical (unpaired) electrons. The van der Waals surface area contributed by atoms with Crippen LogP contribution in [0.1, 0.15) is 33.6 Å². The van der Waals surface area contributed by atoms with Gasteiger partial charge in [-0.05, 0) is 33.6 Å². The zero-order chi connectivity index (χ0) is 12.5. The Morgan fingerprint density at radius 1 is 1.41 bits per heavy atom. The summed E-state index contributed by atoms with van der Waals surface area (Å²) in [7, 11) is 0. The van der Waals surface area contributed by atoms with Gasteiger partial charge >= 0.3 is 0 Å². The lowest BCUT2D eigenvalue weighted by Crippen LogP contribution is -2.69. The van der Waals surface area contributed by atoms with Crippen molar-refractivity contribution in [2.45, 2.75) is 57.4 Å². The average Bonchev–Trinajstić information content (AvgIpc) is 2.27. The molecule has 2 aliphatic rings. The number of morpholine rings is 1. The van der Waals surface area contributed by atoms with E-state index in [1.807, 2.05) is 0 Å². The number of hydrogen-bond donors (Lipinski definition) is 1. The van der Waals surface area contributed by atoms with Crippen LogP contribution in [0.15, 0.2) is 0 Å². The zero-order valence-electron chi connectivity index (χ0n) is 11.3. The molecule has 0 aromatic heterocycles. The Balaban J connectivity index is 1.98. The predicted molar refractivity (Wildman–Crippen MR) is 68.0 cm³/mol. The van der Waals surface area contributed by atoms with Gasteiger partial charge in [0.2, 0.25) is 0 Å². The third-order valence-corrected chi connectivity index (χ3v) is 4.21. The van der Waals surface area contributed by atoms with Crippen LogP contribution in [0.5, 0.6) is 0 Å². The van der Waals surface area contributed by atoms with E-state index in [2.05, 4.69) is 25.7 Å². The summed E-state index contributed by atoms with van der Waals surface area (Å²) in [6.45, 7) is 9.79. The quantitative estimate of drug-likeness (QED) is 0.799. The number of rotatable bonds is 4. The molecule has 0 aromatic rings. The highest BCUT2D eigenvalue weighted by Crippen LogP contribution is 2.41. The Hall–Kier alpha value is -0.160. The maximum absolute atomic E-state index is 6.03. The van der Waals surface area contributed by atoms with Gasteiger partial charge in [0.25, 0.3) is 0 Å². The van der Waals surface area contributed by atoms with Gasteiger partial charge in [-0.2, -0.15) is 0 Å². The van der Waals surface area contributed by atoms with Crippen LogP contribution in [0.25, 0.3) is 0 Å². The molecule has 4 heteroatoms. The second-order valence-electron chi connectivity index (χ2n) is 5.56. The van der Waals surface area contributed by atoms with Crippen molar-refractivity contribution in [1.29, 1.82) is 0 Å². The maximum Gasteiger partial charge on any atom is 0.0675 e. The monoisotopic (exact) mass is 242 g/mol. The highest BCUT2D eigenvalue weighted by Gasteiger charge is 2.50. The maximum atomic E-state index is 6.03. The lowest BCUT2D eigenvalue weighted by atomic mass is 9.71. The van der Waals surface area contributed by atoms with Gasteiger partial charge in [-0.15, -0.1) is 0 Å². The van der Waals surface area contributed by atoms with E-state index in [1.165, 1.54) is 0 Å². The summed E-state index contributed by atoms with van der Waals surface area (Å²) in [5.41, 5.74) is 6.19. The van der Waals surface area contributed by atoms with Crippen LogP contribution < -0.4 is 5.73 Å². The zero-order valence-corrected chi connectivity index (χ0v) is 11.3. The summed E-state index contributed by atoms with van der Waals surface area (Å²) in [6, 6.07) is 0.470. The fraction of sp³-hybridized carbons (Fsp3) is 1.00. The molecule has 1 aliphatic heterocycles. The second-order valence-corrected chi connectivity index (χ2v) is 5.56. The molecule has 1 saturated heterocycles. The van der Waals surface area contributed by atoms with E-state index in [-0.39, 0.29) is 5.54 Å². The minimum absolute atomic E-state index is 0.164. The smallest absolute Gasteiger partial charge is 0.0675 e. The molecule has 1 saturated carbocycles. The number of hydrogen-bond acceptors (Lipinski definition) is 4. The molecule has 4 nitrogen and oxygen atoms in total. The lowest BCUT2D eigenvalue weighted by molar-refractivity contribution is -0.156. The summed E-state index contributed by atoms with van der Waals surface area (Å²) >= 11 is 0. The molecular formula is C13H26N2O2. The van der Waals surface area contributed by atoms with Crippen LogP contribution in [0.2, 0.25) is 0 Å². The van der Waals surface area contributed by atoms with Gasteiger partial charge in [0.05, 0.1) is 18.8 Å². The van der Waals surface area contributed by atoms with Crippen LogP contribution in [-0.2, 0) is 9.47 Å². The fourth-order valence-electron chi connectivity index (χ4n) is 3.22. The minimum atomic E-state index is 0.164. The van der Waals surface area contributed by atoms with Crippen LogP contribution in [-0.4, -0.2) is 55.0 Å². The van der Waals surface area contributed by atoms with Gasteiger partial charge < -0.3 is 15.2 Å². The van der Waals surface area contributed by atoms with Crippen molar-refractivity contribution in [1.82, 2.24) is 4.90 Å². The van der Waals surface area contributed by atoms with Gasteiger partial charge in [-0.3, -0.25) is 4.90 Å². The van der Waals surface area contributed by atoms with E-state index in [1.54, 1.807) is 0 Å². The van der Waals surface area contributed by atoms with Crippen molar-refractivity contribution in [3.8, 4) is 0 Å². The Morgan fingerprint density at radius 2 is 2.12 bits per heavy atom. The first-order valence-electron chi connectivity index (χ1n) is 6.81. The third-order valence-electron chi connectivity index (χ3n) is 4.21. The summed E-state index contributed by atoms with van der Waals surface area (Å²) in [5, 5.41) is 0. The number of ether oxygens (including phenoxy) is 2. The first-order valence-corrected chi connectivity index (χ1v) is 6.81. The first kappa shape index (κ1) is 13.3. The SMILES string of the molecule is CCOC1CC(CN)(N2CC(C)OCC2C)C1. The number of nitrogens with two attached hydrogens (primary N) is 1. The highest BCUT2D eigenvalue weighted by molar-refractivity contribution is 5.06. The predicted octanol–water partition coefficient (Wildman–Crippen LogP) is 0.992. The molecule has 100 valence electrons. The van der Waals surface area contributed by atoms with E-state index >= 15 is 0 Å². The standard InChI is InChI=1S/C13H26N2O2/c1-4-16-12-5-13(6-12,9-14)15-7-11(3)17-8-10(15)2/h10-12H,4-9,14H2,1-3H3. The molecule has 2 N–H and O–H groups in total. The normalized spacial score (nSPS) is 43.4. The summed E-state index contributed by atoms with van der Waals surface area (Å²) in [6.07, 6.45) is 2.89. The summed E-state index contributed by atoms with van der Waals surface area (Å²) in [4.78, 5) is 2.55. The van der Waals surface area contributed by atoms with Gasteiger partial charge in [-0.25, -0.2) is 0 Å². The molecule has 1 aliphatic carbocycles. The number of nitrogens with zero attached hydrogens (tertiary/aromatic N) is 1. The summed E-state index contributed by atoms with van der Waals surface area (Å²) < 4.78 is 11.4. The molecule has 0 aromatic carbocycles. The Kier molecular flexibility index (Phi) is 4.08. The van der Waals surface area contributed by atoms with Crippen LogP contribution in [0.3, 0.4) is 0 Å². The van der Waals surface area contributed by atoms with E-state index in [9.17, 15) is 0 Å². The second kappa shape index (κ2) is 5.22. The first-order chi connectivity index (χ1) is 8.11. The molecular weight excluding hydrogens is 216 g/mol. The molecule has 2 unspecified atom stereocenters. The third kappa shape index (κ3) is 2.50. The molecule has 17 heavy (non-hydrogen) atoms. The van der Waals surface area contributed by atoms with Crippen molar-refractivity contribution < 1.29 is 9.47 Å². The lowest BCUT2D eigenvalue weighted by Gasteiger charge is -2.57. The van der Waals surface area contributed by atoms with E-state index in [0.717, 1.165) is 39.1 Å². The highest BCUT2D eigenvalue weighted by atomic mass is 16.5. The van der Waals surface area contributed by atoms with E-state index in [4.69, 9.17) is 15.2 Å². The molecule has 2 fully saturated rings. The molecule has 1 heterocycles. The molecule has 0 spiro atoms. The molecule has 0 amide bonds. The Labute approximate surface area is 104 Å². The van der Waals surface area contributed by atoms with Crippen molar-refractivity contribution in [2.24, 2.45) is 5.73 Å². The van der Waals surface area contributed by atoms with E-state index < -0.39 is 0 Å². The van der Waals surface area contributed by atoms with Crippen LogP contribution in [0, 0.1) is 0 Å². The molecule has 2 rings (SSSR count). The van der Waals surface area contributed by atoms with Crippen LogP contribution >= 0.6 is 0 Å². The molecule has 2 atom stereocenters. The Morgan fingerprint density at radius 3 is 2.71 bits per heavy atom. The van der Waals surface area contributed by atoms with Gasteiger partial charge in [0, 0.05) is 31.3 Å².